The van der Waals surface area contributed by atoms with Gasteiger partial charge in [0.15, 0.2) is 9.84 Å². The Balaban J connectivity index is 1.67. The normalized spacial score (nSPS) is 22.7. The molecule has 0 saturated carbocycles. The second-order valence-electron chi connectivity index (χ2n) is 6.60. The molecule has 1 aromatic rings. The van der Waals surface area contributed by atoms with Crippen LogP contribution in [0.2, 0.25) is 0 Å². The van der Waals surface area contributed by atoms with Crippen molar-refractivity contribution in [3.05, 3.63) is 34.7 Å². The molecular weight excluding hydrogens is 420 g/mol. The summed E-state index contributed by atoms with van der Waals surface area (Å²) in [6.45, 7) is -0.197. The lowest BCUT2D eigenvalue weighted by atomic mass is 10.2. The lowest BCUT2D eigenvalue weighted by Crippen LogP contribution is -2.45. The molecule has 28 heavy (non-hydrogen) atoms. The standard InChI is InChI=1S/C18H20N2O5S3/c1-19(13-7-8-28(23,24)11-13)16(21)10-20-17(22)15(27-18(20)26)9-12-3-5-14(25-2)6-4-12/h3-6,9,13H,7-8,10-11H2,1-2H3/b15-9-/t13-/m0/s1. The summed E-state index contributed by atoms with van der Waals surface area (Å²) in [5.41, 5.74) is 0.820. The minimum absolute atomic E-state index is 0.0367. The van der Waals surface area contributed by atoms with Crippen LogP contribution in [-0.4, -0.2) is 72.6 Å². The lowest BCUT2D eigenvalue weighted by Gasteiger charge is -2.25. The Morgan fingerprint density at radius 3 is 2.64 bits per heavy atom. The maximum Gasteiger partial charge on any atom is 0.266 e. The van der Waals surface area contributed by atoms with Gasteiger partial charge in [0.05, 0.1) is 23.5 Å². The van der Waals surface area contributed by atoms with E-state index in [4.69, 9.17) is 17.0 Å². The Hall–Kier alpha value is -1.91. The van der Waals surface area contributed by atoms with Crippen LogP contribution in [0.15, 0.2) is 29.2 Å². The summed E-state index contributed by atoms with van der Waals surface area (Å²) in [7, 11) is 0.0530. The van der Waals surface area contributed by atoms with E-state index in [1.54, 1.807) is 32.4 Å². The molecule has 10 heteroatoms. The Bertz CT molecular complexity index is 940. The van der Waals surface area contributed by atoms with E-state index in [1.807, 2.05) is 12.1 Å². The summed E-state index contributed by atoms with van der Waals surface area (Å²) < 4.78 is 28.7. The number of carbonyl (C=O) groups is 2. The van der Waals surface area contributed by atoms with E-state index in [0.717, 1.165) is 17.3 Å². The highest BCUT2D eigenvalue weighted by atomic mass is 32.2. The molecule has 2 aliphatic heterocycles. The Labute approximate surface area is 173 Å². The summed E-state index contributed by atoms with van der Waals surface area (Å²) in [5, 5.41) is 0. The molecule has 2 fully saturated rings. The number of sulfone groups is 1. The Kier molecular flexibility index (Phi) is 6.11. The van der Waals surface area contributed by atoms with Crippen molar-refractivity contribution in [1.29, 1.82) is 0 Å². The first-order chi connectivity index (χ1) is 13.2. The number of ether oxygens (including phenoxy) is 1. The van der Waals surface area contributed by atoms with E-state index in [2.05, 4.69) is 0 Å². The van der Waals surface area contributed by atoms with Crippen LogP contribution in [0.4, 0.5) is 0 Å². The third-order valence-corrected chi connectivity index (χ3v) is 7.86. The predicted octanol–water partition coefficient (Wildman–Crippen LogP) is 1.54. The molecule has 0 N–H and O–H groups in total. The molecule has 2 heterocycles. The maximum absolute atomic E-state index is 12.7. The average Bonchev–Trinajstić information content (AvgIpc) is 3.15. The number of rotatable bonds is 5. The van der Waals surface area contributed by atoms with Gasteiger partial charge in [-0.1, -0.05) is 36.1 Å². The SMILES string of the molecule is COc1ccc(/C=C2\SC(=S)N(CC(=O)N(C)[C@H]3CCS(=O)(=O)C3)C2=O)cc1. The highest BCUT2D eigenvalue weighted by Crippen LogP contribution is 2.33. The minimum atomic E-state index is -3.09. The molecule has 0 radical (unpaired) electrons. The second-order valence-corrected chi connectivity index (χ2v) is 10.5. The first-order valence-corrected chi connectivity index (χ1v) is 11.6. The van der Waals surface area contributed by atoms with Crippen LogP contribution in [0.1, 0.15) is 12.0 Å². The Morgan fingerprint density at radius 1 is 1.39 bits per heavy atom. The van der Waals surface area contributed by atoms with Crippen molar-refractivity contribution in [2.45, 2.75) is 12.5 Å². The van der Waals surface area contributed by atoms with Crippen LogP contribution in [0.5, 0.6) is 5.75 Å². The van der Waals surface area contributed by atoms with E-state index >= 15 is 0 Å². The lowest BCUT2D eigenvalue weighted by molar-refractivity contribution is -0.135. The van der Waals surface area contributed by atoms with Crippen LogP contribution >= 0.6 is 24.0 Å². The topological polar surface area (TPSA) is 84.0 Å². The van der Waals surface area contributed by atoms with Crippen LogP contribution in [0, 0.1) is 0 Å². The summed E-state index contributed by atoms with van der Waals surface area (Å²) in [6.07, 6.45) is 2.14. The molecule has 2 saturated heterocycles. The molecule has 0 unspecified atom stereocenters. The number of amides is 2. The van der Waals surface area contributed by atoms with Crippen LogP contribution < -0.4 is 4.74 Å². The number of benzene rings is 1. The fourth-order valence-corrected chi connectivity index (χ4v) is 6.05. The molecule has 1 aromatic carbocycles. The van der Waals surface area contributed by atoms with Crippen molar-refractivity contribution in [3.63, 3.8) is 0 Å². The molecule has 2 aliphatic rings. The number of thiocarbonyl (C=S) groups is 1. The van der Waals surface area contributed by atoms with Gasteiger partial charge in [-0.25, -0.2) is 8.42 Å². The molecule has 0 spiro atoms. The summed E-state index contributed by atoms with van der Waals surface area (Å²) in [6, 6.07) is 6.88. The highest BCUT2D eigenvalue weighted by molar-refractivity contribution is 8.26. The predicted molar refractivity (Wildman–Crippen MR) is 113 cm³/mol. The fraction of sp³-hybridized carbons (Fsp3) is 0.389. The second kappa shape index (κ2) is 8.22. The summed E-state index contributed by atoms with van der Waals surface area (Å²) in [4.78, 5) is 28.4. The van der Waals surface area contributed by atoms with Crippen molar-refractivity contribution in [2.24, 2.45) is 0 Å². The monoisotopic (exact) mass is 440 g/mol. The maximum atomic E-state index is 12.7. The molecular formula is C18H20N2O5S3. The molecule has 0 aliphatic carbocycles. The van der Waals surface area contributed by atoms with Gasteiger partial charge in [0.25, 0.3) is 5.91 Å². The third kappa shape index (κ3) is 4.56. The average molecular weight is 441 g/mol. The minimum Gasteiger partial charge on any atom is -0.497 e. The first-order valence-electron chi connectivity index (χ1n) is 8.55. The quantitative estimate of drug-likeness (QED) is 0.507. The summed E-state index contributed by atoms with van der Waals surface area (Å²) >= 11 is 6.41. The van der Waals surface area contributed by atoms with E-state index in [0.29, 0.717) is 21.4 Å². The van der Waals surface area contributed by atoms with Crippen molar-refractivity contribution >= 4 is 56.0 Å². The van der Waals surface area contributed by atoms with Crippen molar-refractivity contribution in [3.8, 4) is 5.75 Å². The van der Waals surface area contributed by atoms with Crippen molar-refractivity contribution in [2.75, 3.05) is 32.2 Å². The van der Waals surface area contributed by atoms with Gasteiger partial charge in [-0.2, -0.15) is 0 Å². The number of methoxy groups -OCH3 is 1. The Morgan fingerprint density at radius 2 is 2.07 bits per heavy atom. The third-order valence-electron chi connectivity index (χ3n) is 4.73. The number of hydrogen-bond donors (Lipinski definition) is 0. The van der Waals surface area contributed by atoms with Gasteiger partial charge in [-0.05, 0) is 30.2 Å². The zero-order valence-corrected chi connectivity index (χ0v) is 17.9. The molecule has 2 amide bonds. The zero-order valence-electron chi connectivity index (χ0n) is 15.5. The highest BCUT2D eigenvalue weighted by Gasteiger charge is 2.37. The van der Waals surface area contributed by atoms with Gasteiger partial charge in [-0.15, -0.1) is 0 Å². The molecule has 1 atom stereocenters. The number of nitrogens with zero attached hydrogens (tertiary/aromatic N) is 2. The van der Waals surface area contributed by atoms with Crippen LogP contribution in [0.3, 0.4) is 0 Å². The molecule has 0 aromatic heterocycles. The van der Waals surface area contributed by atoms with Crippen molar-refractivity contribution < 1.29 is 22.7 Å². The smallest absolute Gasteiger partial charge is 0.266 e. The van der Waals surface area contributed by atoms with Gasteiger partial charge in [0.1, 0.15) is 16.6 Å². The number of hydrogen-bond acceptors (Lipinski definition) is 7. The molecule has 3 rings (SSSR count). The molecule has 7 nitrogen and oxygen atoms in total. The number of thioether (sulfide) groups is 1. The molecule has 150 valence electrons. The van der Waals surface area contributed by atoms with Crippen LogP contribution in [-0.2, 0) is 19.4 Å². The van der Waals surface area contributed by atoms with Gasteiger partial charge in [-0.3, -0.25) is 14.5 Å². The van der Waals surface area contributed by atoms with E-state index in [-0.39, 0.29) is 35.9 Å². The van der Waals surface area contributed by atoms with Gasteiger partial charge < -0.3 is 9.64 Å². The van der Waals surface area contributed by atoms with Gasteiger partial charge in [0.2, 0.25) is 5.91 Å². The van der Waals surface area contributed by atoms with Gasteiger partial charge in [0, 0.05) is 13.1 Å². The van der Waals surface area contributed by atoms with E-state index in [1.165, 1.54) is 9.80 Å². The van der Waals surface area contributed by atoms with Crippen molar-refractivity contribution in [1.82, 2.24) is 9.80 Å². The van der Waals surface area contributed by atoms with Crippen LogP contribution in [0.25, 0.3) is 6.08 Å². The number of carbonyl (C=O) groups excluding carboxylic acids is 2. The molecule has 0 bridgehead atoms. The van der Waals surface area contributed by atoms with Gasteiger partial charge >= 0.3 is 0 Å². The summed E-state index contributed by atoms with van der Waals surface area (Å²) in [5.74, 6) is 0.106. The van der Waals surface area contributed by atoms with E-state index in [9.17, 15) is 18.0 Å². The number of likely N-dealkylation sites (N-methyl/N-ethyl adjacent to an activating group) is 1. The zero-order chi connectivity index (χ0) is 20.5. The van der Waals surface area contributed by atoms with E-state index < -0.39 is 9.84 Å². The first kappa shape index (κ1) is 20.8. The largest absolute Gasteiger partial charge is 0.497 e. The fourth-order valence-electron chi connectivity index (χ4n) is 3.02.